The summed E-state index contributed by atoms with van der Waals surface area (Å²) in [5, 5.41) is 2.84. The number of halogens is 1. The quantitative estimate of drug-likeness (QED) is 0.893. The van der Waals surface area contributed by atoms with E-state index in [1.54, 1.807) is 0 Å². The molecule has 21 heavy (non-hydrogen) atoms. The fourth-order valence-corrected chi connectivity index (χ4v) is 1.94. The molecule has 0 radical (unpaired) electrons. The number of oxazole rings is 1. The highest BCUT2D eigenvalue weighted by Gasteiger charge is 2.45. The Hall–Kier alpha value is -1.59. The number of nitrogens with zero attached hydrogens (tertiary/aromatic N) is 1. The monoisotopic (exact) mass is 309 g/mol. The highest BCUT2D eigenvalue weighted by atomic mass is 35.5. The molecular formula is C15H20ClN3O2. The van der Waals surface area contributed by atoms with Crippen molar-refractivity contribution in [2.24, 2.45) is 5.73 Å². The third kappa shape index (κ3) is 3.04. The molecular weight excluding hydrogens is 290 g/mol. The van der Waals surface area contributed by atoms with E-state index in [1.165, 1.54) is 0 Å². The minimum atomic E-state index is -0.671. The standard InChI is InChI=1S/C15H19N3O2.ClH/c1-14(2,3)13-18-10-8-9(4-5-11(10)20-13)17-12(19)15(16)6-7-15;/h4-5,8H,6-7,16H2,1-3H3,(H,17,19);1H. The van der Waals surface area contributed by atoms with Crippen LogP contribution in [-0.4, -0.2) is 16.4 Å². The van der Waals surface area contributed by atoms with Gasteiger partial charge in [-0.3, -0.25) is 4.79 Å². The van der Waals surface area contributed by atoms with Crippen LogP contribution in [0.2, 0.25) is 0 Å². The van der Waals surface area contributed by atoms with Crippen LogP contribution in [0.1, 0.15) is 39.5 Å². The number of aromatic nitrogens is 1. The van der Waals surface area contributed by atoms with Crippen molar-refractivity contribution in [2.75, 3.05) is 5.32 Å². The molecule has 0 saturated heterocycles. The molecule has 1 amide bonds. The Labute approximate surface area is 129 Å². The summed E-state index contributed by atoms with van der Waals surface area (Å²) in [4.78, 5) is 16.4. The third-order valence-electron chi connectivity index (χ3n) is 3.53. The molecule has 1 aliphatic carbocycles. The second-order valence-corrected chi connectivity index (χ2v) is 6.56. The predicted molar refractivity (Wildman–Crippen MR) is 84.7 cm³/mol. The maximum atomic E-state index is 11.9. The third-order valence-corrected chi connectivity index (χ3v) is 3.53. The lowest BCUT2D eigenvalue weighted by Gasteiger charge is -2.11. The van der Waals surface area contributed by atoms with Gasteiger partial charge in [-0.15, -0.1) is 12.4 Å². The van der Waals surface area contributed by atoms with Gasteiger partial charge in [-0.2, -0.15) is 0 Å². The second-order valence-electron chi connectivity index (χ2n) is 6.56. The Bertz CT molecular complexity index is 684. The largest absolute Gasteiger partial charge is 0.440 e. The lowest BCUT2D eigenvalue weighted by molar-refractivity contribution is -0.118. The Kier molecular flexibility index (Phi) is 3.76. The molecule has 1 heterocycles. The van der Waals surface area contributed by atoms with E-state index >= 15 is 0 Å². The highest BCUT2D eigenvalue weighted by molar-refractivity contribution is 6.00. The molecule has 0 unspecified atom stereocenters. The molecule has 1 aromatic heterocycles. The number of hydrogen-bond donors (Lipinski definition) is 2. The van der Waals surface area contributed by atoms with Crippen LogP contribution in [0.3, 0.4) is 0 Å². The van der Waals surface area contributed by atoms with E-state index in [0.717, 1.165) is 23.9 Å². The first kappa shape index (κ1) is 15.8. The van der Waals surface area contributed by atoms with Crippen LogP contribution in [0, 0.1) is 0 Å². The van der Waals surface area contributed by atoms with Gasteiger partial charge in [-0.05, 0) is 31.0 Å². The van der Waals surface area contributed by atoms with E-state index in [9.17, 15) is 4.79 Å². The number of fused-ring (bicyclic) bond motifs is 1. The summed E-state index contributed by atoms with van der Waals surface area (Å²) < 4.78 is 5.72. The van der Waals surface area contributed by atoms with Gasteiger partial charge < -0.3 is 15.5 Å². The van der Waals surface area contributed by atoms with Gasteiger partial charge in [0.1, 0.15) is 5.52 Å². The molecule has 1 aliphatic rings. The van der Waals surface area contributed by atoms with Crippen LogP contribution < -0.4 is 11.1 Å². The van der Waals surface area contributed by atoms with Crippen LogP contribution in [0.15, 0.2) is 22.6 Å². The van der Waals surface area contributed by atoms with Gasteiger partial charge in [-0.25, -0.2) is 4.98 Å². The summed E-state index contributed by atoms with van der Waals surface area (Å²) in [5.41, 5.74) is 7.22. The number of nitrogens with two attached hydrogens (primary N) is 1. The molecule has 6 heteroatoms. The molecule has 0 bridgehead atoms. The van der Waals surface area contributed by atoms with Crippen molar-refractivity contribution < 1.29 is 9.21 Å². The zero-order valence-electron chi connectivity index (χ0n) is 12.4. The number of nitrogens with one attached hydrogen (secondary N) is 1. The molecule has 1 aromatic carbocycles. The van der Waals surface area contributed by atoms with Crippen molar-refractivity contribution in [3.63, 3.8) is 0 Å². The summed E-state index contributed by atoms with van der Waals surface area (Å²) in [7, 11) is 0. The molecule has 0 atom stereocenters. The van der Waals surface area contributed by atoms with Gasteiger partial charge in [0.05, 0.1) is 5.54 Å². The number of rotatable bonds is 2. The molecule has 1 saturated carbocycles. The van der Waals surface area contributed by atoms with E-state index in [2.05, 4.69) is 10.3 Å². The van der Waals surface area contributed by atoms with E-state index in [0.29, 0.717) is 11.6 Å². The van der Waals surface area contributed by atoms with Gasteiger partial charge in [-0.1, -0.05) is 20.8 Å². The van der Waals surface area contributed by atoms with Crippen LogP contribution >= 0.6 is 12.4 Å². The summed E-state index contributed by atoms with van der Waals surface area (Å²) >= 11 is 0. The van der Waals surface area contributed by atoms with Gasteiger partial charge in [0.25, 0.3) is 0 Å². The Balaban J connectivity index is 0.00000161. The maximum absolute atomic E-state index is 11.9. The molecule has 114 valence electrons. The summed E-state index contributed by atoms with van der Waals surface area (Å²) in [5.74, 6) is 0.560. The minimum absolute atomic E-state index is 0. The SMILES string of the molecule is CC(C)(C)c1nc2cc(NC(=O)C3(N)CC3)ccc2o1.Cl. The molecule has 3 N–H and O–H groups in total. The highest BCUT2D eigenvalue weighted by Crippen LogP contribution is 2.34. The normalized spacial score (nSPS) is 16.4. The maximum Gasteiger partial charge on any atom is 0.244 e. The summed E-state index contributed by atoms with van der Waals surface area (Å²) in [6.45, 7) is 6.14. The van der Waals surface area contributed by atoms with Gasteiger partial charge >= 0.3 is 0 Å². The predicted octanol–water partition coefficient (Wildman–Crippen LogP) is 2.98. The van der Waals surface area contributed by atoms with E-state index < -0.39 is 5.54 Å². The minimum Gasteiger partial charge on any atom is -0.440 e. The van der Waals surface area contributed by atoms with Crippen molar-refractivity contribution in [1.82, 2.24) is 4.98 Å². The number of amides is 1. The van der Waals surface area contributed by atoms with Crippen molar-refractivity contribution in [1.29, 1.82) is 0 Å². The summed E-state index contributed by atoms with van der Waals surface area (Å²) in [6.07, 6.45) is 1.50. The van der Waals surface area contributed by atoms with Crippen LogP contribution in [0.25, 0.3) is 11.1 Å². The van der Waals surface area contributed by atoms with Crippen LogP contribution in [0.4, 0.5) is 5.69 Å². The molecule has 0 spiro atoms. The van der Waals surface area contributed by atoms with Crippen LogP contribution in [0.5, 0.6) is 0 Å². The average molecular weight is 310 g/mol. The number of benzene rings is 1. The van der Waals surface area contributed by atoms with Gasteiger partial charge in [0, 0.05) is 11.1 Å². The zero-order chi connectivity index (χ0) is 14.5. The van der Waals surface area contributed by atoms with Crippen molar-refractivity contribution in [3.05, 3.63) is 24.1 Å². The number of anilines is 1. The number of hydrogen-bond acceptors (Lipinski definition) is 4. The van der Waals surface area contributed by atoms with Crippen LogP contribution in [-0.2, 0) is 10.2 Å². The Morgan fingerprint density at radius 1 is 1.38 bits per heavy atom. The molecule has 1 fully saturated rings. The lowest BCUT2D eigenvalue weighted by Crippen LogP contribution is -2.37. The number of carbonyl (C=O) groups excluding carboxylic acids is 1. The number of carbonyl (C=O) groups is 1. The first-order valence-corrected chi connectivity index (χ1v) is 6.79. The summed E-state index contributed by atoms with van der Waals surface area (Å²) in [6, 6.07) is 5.45. The Morgan fingerprint density at radius 2 is 2.05 bits per heavy atom. The van der Waals surface area contributed by atoms with E-state index in [1.807, 2.05) is 39.0 Å². The molecule has 5 nitrogen and oxygen atoms in total. The zero-order valence-corrected chi connectivity index (χ0v) is 13.2. The molecule has 3 rings (SSSR count). The topological polar surface area (TPSA) is 81.2 Å². The Morgan fingerprint density at radius 3 is 2.62 bits per heavy atom. The van der Waals surface area contributed by atoms with E-state index in [4.69, 9.17) is 10.2 Å². The smallest absolute Gasteiger partial charge is 0.244 e. The fraction of sp³-hybridized carbons (Fsp3) is 0.467. The lowest BCUT2D eigenvalue weighted by atomic mass is 9.97. The second kappa shape index (κ2) is 5.00. The van der Waals surface area contributed by atoms with Crippen molar-refractivity contribution in [3.8, 4) is 0 Å². The van der Waals surface area contributed by atoms with Crippen molar-refractivity contribution in [2.45, 2.75) is 44.6 Å². The average Bonchev–Trinajstić information content (AvgIpc) is 2.96. The first-order chi connectivity index (χ1) is 9.28. The van der Waals surface area contributed by atoms with Gasteiger partial charge in [0.2, 0.25) is 11.8 Å². The van der Waals surface area contributed by atoms with Gasteiger partial charge in [0.15, 0.2) is 5.58 Å². The van der Waals surface area contributed by atoms with E-state index in [-0.39, 0.29) is 23.7 Å². The van der Waals surface area contributed by atoms with Crippen molar-refractivity contribution >= 4 is 35.1 Å². The fourth-order valence-electron chi connectivity index (χ4n) is 1.94. The molecule has 2 aromatic rings. The first-order valence-electron chi connectivity index (χ1n) is 6.79. The molecule has 0 aliphatic heterocycles.